The summed E-state index contributed by atoms with van der Waals surface area (Å²) in [4.78, 5) is 19.0. The summed E-state index contributed by atoms with van der Waals surface area (Å²) in [7, 11) is 4.02. The third kappa shape index (κ3) is 5.38. The second-order valence-corrected chi connectivity index (χ2v) is 7.92. The average Bonchev–Trinajstić information content (AvgIpc) is 3.10. The van der Waals surface area contributed by atoms with E-state index < -0.39 is 0 Å². The first-order valence-electron chi connectivity index (χ1n) is 8.42. The van der Waals surface area contributed by atoms with Gasteiger partial charge in [-0.3, -0.25) is 10.1 Å². The van der Waals surface area contributed by atoms with Crippen LogP contribution in [-0.2, 0) is 0 Å². The molecule has 0 saturated heterocycles. The van der Waals surface area contributed by atoms with Crippen molar-refractivity contribution in [1.29, 1.82) is 0 Å². The lowest BCUT2D eigenvalue weighted by atomic mass is 10.1. The number of carbonyl (C=O) groups is 1. The Morgan fingerprint density at radius 1 is 1.19 bits per heavy atom. The predicted octanol–water partition coefficient (Wildman–Crippen LogP) is 4.77. The molecule has 0 saturated carbocycles. The lowest BCUT2D eigenvalue weighted by Gasteiger charge is -2.13. The van der Waals surface area contributed by atoms with Crippen LogP contribution in [0.2, 0.25) is 0 Å². The topological polar surface area (TPSA) is 54.5 Å². The molecule has 1 aromatic heterocycles. The van der Waals surface area contributed by atoms with Gasteiger partial charge in [-0.25, -0.2) is 4.98 Å². The lowest BCUT2D eigenvalue weighted by molar-refractivity contribution is 0.102. The quantitative estimate of drug-likeness (QED) is 0.569. The van der Waals surface area contributed by atoms with Crippen LogP contribution in [0.15, 0.2) is 58.4 Å². The van der Waals surface area contributed by atoms with E-state index in [1.807, 2.05) is 55.9 Å². The largest absolute Gasteiger partial charge is 0.492 e. The highest BCUT2D eigenvalue weighted by Crippen LogP contribution is 2.32. The van der Waals surface area contributed by atoms with Crippen LogP contribution in [0, 0.1) is 0 Å². The third-order valence-electron chi connectivity index (χ3n) is 3.79. The highest BCUT2D eigenvalue weighted by atomic mass is 79.9. The van der Waals surface area contributed by atoms with E-state index in [2.05, 4.69) is 31.1 Å². The zero-order valence-electron chi connectivity index (χ0n) is 15.1. The second kappa shape index (κ2) is 9.12. The summed E-state index contributed by atoms with van der Waals surface area (Å²) in [5, 5.41) is 5.33. The molecule has 7 heteroatoms. The van der Waals surface area contributed by atoms with Crippen molar-refractivity contribution in [1.82, 2.24) is 9.88 Å². The minimum Gasteiger partial charge on any atom is -0.492 e. The van der Waals surface area contributed by atoms with Gasteiger partial charge in [0.05, 0.1) is 5.69 Å². The number of anilines is 1. The van der Waals surface area contributed by atoms with E-state index >= 15 is 0 Å². The molecule has 0 spiro atoms. The van der Waals surface area contributed by atoms with Gasteiger partial charge in [0, 0.05) is 27.5 Å². The molecule has 3 aromatic rings. The molecule has 1 amide bonds. The van der Waals surface area contributed by atoms with E-state index in [4.69, 9.17) is 4.74 Å². The van der Waals surface area contributed by atoms with Crippen LogP contribution in [-0.4, -0.2) is 43.0 Å². The van der Waals surface area contributed by atoms with Crippen molar-refractivity contribution in [2.24, 2.45) is 0 Å². The van der Waals surface area contributed by atoms with E-state index in [1.165, 1.54) is 11.3 Å². The number of amides is 1. The number of para-hydroxylation sites is 1. The van der Waals surface area contributed by atoms with Crippen LogP contribution in [0.25, 0.3) is 11.3 Å². The van der Waals surface area contributed by atoms with Crippen LogP contribution in [0.5, 0.6) is 5.75 Å². The van der Waals surface area contributed by atoms with Gasteiger partial charge in [-0.1, -0.05) is 28.1 Å². The van der Waals surface area contributed by atoms with Crippen molar-refractivity contribution in [2.45, 2.75) is 0 Å². The van der Waals surface area contributed by atoms with Crippen molar-refractivity contribution < 1.29 is 9.53 Å². The molecule has 0 bridgehead atoms. The number of thiazole rings is 1. The van der Waals surface area contributed by atoms with Crippen LogP contribution in [0.3, 0.4) is 0 Å². The summed E-state index contributed by atoms with van der Waals surface area (Å²) in [5.41, 5.74) is 2.28. The fourth-order valence-electron chi connectivity index (χ4n) is 2.37. The number of rotatable bonds is 7. The highest BCUT2D eigenvalue weighted by Gasteiger charge is 2.13. The fraction of sp³-hybridized carbons (Fsp3) is 0.200. The molecule has 1 N–H and O–H groups in total. The lowest BCUT2D eigenvalue weighted by Crippen LogP contribution is -2.19. The molecule has 0 aliphatic heterocycles. The standard InChI is InChI=1S/C20H20BrN3O2S/c1-24(2)11-12-26-18-6-4-3-5-16(18)17-13-27-20(22-17)23-19(25)14-7-9-15(21)10-8-14/h3-10,13H,11-12H2,1-2H3,(H,22,23,25). The van der Waals surface area contributed by atoms with Gasteiger partial charge in [0.25, 0.3) is 5.91 Å². The van der Waals surface area contributed by atoms with Crippen molar-refractivity contribution in [3.05, 3.63) is 63.9 Å². The maximum absolute atomic E-state index is 12.4. The Labute approximate surface area is 171 Å². The van der Waals surface area contributed by atoms with Crippen molar-refractivity contribution in [3.8, 4) is 17.0 Å². The Morgan fingerprint density at radius 3 is 2.67 bits per heavy atom. The SMILES string of the molecule is CN(C)CCOc1ccccc1-c1csc(NC(=O)c2ccc(Br)cc2)n1. The van der Waals surface area contributed by atoms with Crippen LogP contribution in [0.4, 0.5) is 5.13 Å². The molecule has 0 atom stereocenters. The second-order valence-electron chi connectivity index (χ2n) is 6.15. The van der Waals surface area contributed by atoms with Crippen LogP contribution >= 0.6 is 27.3 Å². The van der Waals surface area contributed by atoms with Gasteiger partial charge in [0.1, 0.15) is 12.4 Å². The van der Waals surface area contributed by atoms with E-state index in [-0.39, 0.29) is 5.91 Å². The monoisotopic (exact) mass is 445 g/mol. The number of likely N-dealkylation sites (N-methyl/N-ethyl adjacent to an activating group) is 1. The Bertz CT molecular complexity index is 910. The molecular weight excluding hydrogens is 426 g/mol. The van der Waals surface area contributed by atoms with Crippen molar-refractivity contribution in [3.63, 3.8) is 0 Å². The zero-order valence-corrected chi connectivity index (χ0v) is 17.5. The van der Waals surface area contributed by atoms with Gasteiger partial charge in [0.15, 0.2) is 5.13 Å². The van der Waals surface area contributed by atoms with Crippen LogP contribution in [0.1, 0.15) is 10.4 Å². The van der Waals surface area contributed by atoms with Gasteiger partial charge in [-0.05, 0) is 50.5 Å². The first-order chi connectivity index (χ1) is 13.0. The summed E-state index contributed by atoms with van der Waals surface area (Å²) in [6, 6.07) is 15.0. The fourth-order valence-corrected chi connectivity index (χ4v) is 3.34. The van der Waals surface area contributed by atoms with Crippen molar-refractivity contribution >= 4 is 38.3 Å². The normalized spacial score (nSPS) is 10.8. The first kappa shape index (κ1) is 19.5. The molecule has 2 aromatic carbocycles. The summed E-state index contributed by atoms with van der Waals surface area (Å²) < 4.78 is 6.84. The van der Waals surface area contributed by atoms with E-state index in [9.17, 15) is 4.79 Å². The van der Waals surface area contributed by atoms with Gasteiger partial charge in [-0.15, -0.1) is 11.3 Å². The zero-order chi connectivity index (χ0) is 19.2. The number of halogens is 1. The molecular formula is C20H20BrN3O2S. The summed E-state index contributed by atoms with van der Waals surface area (Å²) in [5.74, 6) is 0.606. The number of aromatic nitrogens is 1. The van der Waals surface area contributed by atoms with E-state index in [1.54, 1.807) is 12.1 Å². The van der Waals surface area contributed by atoms with E-state index in [0.29, 0.717) is 17.3 Å². The molecule has 140 valence electrons. The Morgan fingerprint density at radius 2 is 1.93 bits per heavy atom. The molecule has 5 nitrogen and oxygen atoms in total. The number of nitrogens with zero attached hydrogens (tertiary/aromatic N) is 2. The minimum atomic E-state index is -0.182. The van der Waals surface area contributed by atoms with Gasteiger partial charge >= 0.3 is 0 Å². The van der Waals surface area contributed by atoms with E-state index in [0.717, 1.165) is 28.0 Å². The number of ether oxygens (including phenoxy) is 1. The molecule has 1 heterocycles. The molecule has 0 aliphatic carbocycles. The molecule has 27 heavy (non-hydrogen) atoms. The molecule has 0 aliphatic rings. The number of hydrogen-bond acceptors (Lipinski definition) is 5. The number of carbonyl (C=O) groups excluding carboxylic acids is 1. The van der Waals surface area contributed by atoms with Gasteiger partial charge in [0.2, 0.25) is 0 Å². The number of nitrogens with one attached hydrogen (secondary N) is 1. The van der Waals surface area contributed by atoms with Gasteiger partial charge in [-0.2, -0.15) is 0 Å². The van der Waals surface area contributed by atoms with Crippen molar-refractivity contribution in [2.75, 3.05) is 32.6 Å². The Hall–Kier alpha value is -2.22. The maximum atomic E-state index is 12.4. The third-order valence-corrected chi connectivity index (χ3v) is 5.08. The Kier molecular flexibility index (Phi) is 6.60. The molecule has 3 rings (SSSR count). The molecule has 0 fully saturated rings. The number of benzene rings is 2. The van der Waals surface area contributed by atoms with Crippen LogP contribution < -0.4 is 10.1 Å². The summed E-state index contributed by atoms with van der Waals surface area (Å²) >= 11 is 4.76. The summed E-state index contributed by atoms with van der Waals surface area (Å²) in [6.07, 6.45) is 0. The average molecular weight is 446 g/mol. The minimum absolute atomic E-state index is 0.182. The summed E-state index contributed by atoms with van der Waals surface area (Å²) in [6.45, 7) is 1.43. The highest BCUT2D eigenvalue weighted by molar-refractivity contribution is 9.10. The maximum Gasteiger partial charge on any atom is 0.257 e. The smallest absolute Gasteiger partial charge is 0.257 e. The Balaban J connectivity index is 1.72. The molecule has 0 radical (unpaired) electrons. The first-order valence-corrected chi connectivity index (χ1v) is 10.1. The molecule has 0 unspecified atom stereocenters. The predicted molar refractivity (Wildman–Crippen MR) is 114 cm³/mol. The van der Waals surface area contributed by atoms with Gasteiger partial charge < -0.3 is 9.64 Å². The number of hydrogen-bond donors (Lipinski definition) is 1.